The molecular weight excluding hydrogens is 352 g/mol. The molecule has 5 nitrogen and oxygen atoms in total. The Morgan fingerprint density at radius 2 is 2.14 bits per heavy atom. The van der Waals surface area contributed by atoms with Gasteiger partial charge in [0.15, 0.2) is 0 Å². The minimum Gasteiger partial charge on any atom is -0.494 e. The predicted molar refractivity (Wildman–Crippen MR) is 108 cm³/mol. The molecule has 0 aromatic heterocycles. The standard InChI is InChI=1S/C23H32N2O3/c1-3-27-21-11-16-10-15(2)28-20(16)13-18(21)17-12-19(17)22(26)25-8-5-23(6-9-25)4-7-24-14-23/h11,13,15,17,19,24H,3-10,12,14H2,1-2H3. The van der Waals surface area contributed by atoms with Crippen molar-refractivity contribution in [1.82, 2.24) is 10.2 Å². The van der Waals surface area contributed by atoms with Crippen LogP contribution in [0.15, 0.2) is 12.1 Å². The second-order valence-electron chi connectivity index (χ2n) is 9.26. The Balaban J connectivity index is 1.28. The number of hydrogen-bond acceptors (Lipinski definition) is 4. The SMILES string of the molecule is CCOc1cc2c(cc1C1CC1C(=O)N1CCC3(CCNC3)CC1)OC(C)C2. The summed E-state index contributed by atoms with van der Waals surface area (Å²) in [5.74, 6) is 2.68. The van der Waals surface area contributed by atoms with Crippen LogP contribution in [0.4, 0.5) is 0 Å². The van der Waals surface area contributed by atoms with Crippen molar-refractivity contribution in [2.75, 3.05) is 32.8 Å². The summed E-state index contributed by atoms with van der Waals surface area (Å²) in [6.45, 7) is 8.89. The van der Waals surface area contributed by atoms with Crippen LogP contribution in [-0.4, -0.2) is 49.7 Å². The zero-order valence-corrected chi connectivity index (χ0v) is 17.1. The van der Waals surface area contributed by atoms with E-state index in [1.807, 2.05) is 6.92 Å². The number of fused-ring (bicyclic) bond motifs is 1. The molecule has 3 unspecified atom stereocenters. The van der Waals surface area contributed by atoms with Crippen molar-refractivity contribution >= 4 is 5.91 Å². The van der Waals surface area contributed by atoms with Crippen LogP contribution in [-0.2, 0) is 11.2 Å². The van der Waals surface area contributed by atoms with Gasteiger partial charge in [0.2, 0.25) is 5.91 Å². The molecule has 1 aliphatic carbocycles. The summed E-state index contributed by atoms with van der Waals surface area (Å²) in [5.41, 5.74) is 2.85. The minimum atomic E-state index is 0.117. The third kappa shape index (κ3) is 3.18. The van der Waals surface area contributed by atoms with Crippen LogP contribution in [0.3, 0.4) is 0 Å². The van der Waals surface area contributed by atoms with Gasteiger partial charge in [-0.25, -0.2) is 0 Å². The number of nitrogens with zero attached hydrogens (tertiary/aromatic N) is 1. The lowest BCUT2D eigenvalue weighted by atomic mass is 9.78. The summed E-state index contributed by atoms with van der Waals surface area (Å²) >= 11 is 0. The maximum atomic E-state index is 13.1. The highest BCUT2D eigenvalue weighted by Gasteiger charge is 2.49. The number of likely N-dealkylation sites (tertiary alicyclic amines) is 1. The van der Waals surface area contributed by atoms with Gasteiger partial charge in [0.1, 0.15) is 17.6 Å². The van der Waals surface area contributed by atoms with Crippen LogP contribution in [0.2, 0.25) is 0 Å². The number of piperidine rings is 1. The van der Waals surface area contributed by atoms with E-state index in [2.05, 4.69) is 29.3 Å². The molecule has 2 saturated heterocycles. The van der Waals surface area contributed by atoms with E-state index in [4.69, 9.17) is 9.47 Å². The smallest absolute Gasteiger partial charge is 0.226 e. The molecule has 1 aromatic rings. The molecule has 4 aliphatic rings. The number of carbonyl (C=O) groups is 1. The third-order valence-corrected chi connectivity index (χ3v) is 7.30. The number of ether oxygens (including phenoxy) is 2. The van der Waals surface area contributed by atoms with Gasteiger partial charge in [0, 0.05) is 49.0 Å². The molecule has 1 amide bonds. The van der Waals surface area contributed by atoms with Crippen molar-refractivity contribution in [2.45, 2.75) is 58.0 Å². The molecule has 3 aliphatic heterocycles. The molecule has 0 radical (unpaired) electrons. The second-order valence-corrected chi connectivity index (χ2v) is 9.26. The van der Waals surface area contributed by atoms with Crippen LogP contribution in [0, 0.1) is 11.3 Å². The lowest BCUT2D eigenvalue weighted by Crippen LogP contribution is -2.44. The quantitative estimate of drug-likeness (QED) is 0.867. The van der Waals surface area contributed by atoms with Gasteiger partial charge in [0.25, 0.3) is 0 Å². The predicted octanol–water partition coefficient (Wildman–Crippen LogP) is 3.11. The summed E-state index contributed by atoms with van der Waals surface area (Å²) in [6, 6.07) is 4.30. The number of amides is 1. The molecule has 5 rings (SSSR count). The fourth-order valence-corrected chi connectivity index (χ4v) is 5.50. The Morgan fingerprint density at radius 1 is 1.32 bits per heavy atom. The van der Waals surface area contributed by atoms with E-state index in [0.29, 0.717) is 17.9 Å². The van der Waals surface area contributed by atoms with Crippen LogP contribution in [0.1, 0.15) is 56.6 Å². The zero-order chi connectivity index (χ0) is 19.3. The van der Waals surface area contributed by atoms with E-state index in [1.165, 1.54) is 17.5 Å². The van der Waals surface area contributed by atoms with Crippen molar-refractivity contribution in [3.63, 3.8) is 0 Å². The molecule has 3 fully saturated rings. The van der Waals surface area contributed by atoms with E-state index in [1.54, 1.807) is 0 Å². The van der Waals surface area contributed by atoms with Gasteiger partial charge in [-0.15, -0.1) is 0 Å². The van der Waals surface area contributed by atoms with Crippen LogP contribution >= 0.6 is 0 Å². The molecule has 1 saturated carbocycles. The topological polar surface area (TPSA) is 50.8 Å². The summed E-state index contributed by atoms with van der Waals surface area (Å²) < 4.78 is 11.9. The minimum absolute atomic E-state index is 0.117. The number of hydrogen-bond donors (Lipinski definition) is 1. The Morgan fingerprint density at radius 3 is 2.86 bits per heavy atom. The summed E-state index contributed by atoms with van der Waals surface area (Å²) in [6.07, 6.45) is 5.67. The molecule has 0 bridgehead atoms. The highest BCUT2D eigenvalue weighted by molar-refractivity contribution is 5.83. The van der Waals surface area contributed by atoms with Gasteiger partial charge in [-0.2, -0.15) is 0 Å². The van der Waals surface area contributed by atoms with Crippen molar-refractivity contribution < 1.29 is 14.3 Å². The van der Waals surface area contributed by atoms with Gasteiger partial charge in [-0.05, 0) is 63.6 Å². The monoisotopic (exact) mass is 384 g/mol. The number of nitrogens with one attached hydrogen (secondary N) is 1. The average Bonchev–Trinajstić information content (AvgIpc) is 3.21. The number of rotatable bonds is 4. The lowest BCUT2D eigenvalue weighted by Gasteiger charge is -2.39. The van der Waals surface area contributed by atoms with E-state index >= 15 is 0 Å². The number of carbonyl (C=O) groups excluding carboxylic acids is 1. The van der Waals surface area contributed by atoms with Crippen molar-refractivity contribution in [3.05, 3.63) is 23.3 Å². The lowest BCUT2D eigenvalue weighted by molar-refractivity contribution is -0.134. The fraction of sp³-hybridized carbons (Fsp3) is 0.696. The second kappa shape index (κ2) is 6.94. The normalized spacial score (nSPS) is 30.2. The Kier molecular flexibility index (Phi) is 4.53. The Bertz CT molecular complexity index is 761. The molecule has 1 aromatic carbocycles. The molecule has 1 N–H and O–H groups in total. The van der Waals surface area contributed by atoms with E-state index in [9.17, 15) is 4.79 Å². The van der Waals surface area contributed by atoms with Crippen LogP contribution < -0.4 is 14.8 Å². The maximum absolute atomic E-state index is 13.1. The molecule has 5 heteroatoms. The van der Waals surface area contributed by atoms with E-state index in [0.717, 1.165) is 63.4 Å². The third-order valence-electron chi connectivity index (χ3n) is 7.30. The summed E-state index contributed by atoms with van der Waals surface area (Å²) in [5, 5.41) is 3.50. The fourth-order valence-electron chi connectivity index (χ4n) is 5.50. The highest BCUT2D eigenvalue weighted by Crippen LogP contribution is 2.53. The van der Waals surface area contributed by atoms with Gasteiger partial charge in [-0.1, -0.05) is 0 Å². The van der Waals surface area contributed by atoms with Gasteiger partial charge in [0.05, 0.1) is 6.61 Å². The number of benzene rings is 1. The molecule has 3 atom stereocenters. The molecule has 3 heterocycles. The largest absolute Gasteiger partial charge is 0.494 e. The average molecular weight is 385 g/mol. The maximum Gasteiger partial charge on any atom is 0.226 e. The zero-order valence-electron chi connectivity index (χ0n) is 17.1. The Hall–Kier alpha value is -1.75. The van der Waals surface area contributed by atoms with Crippen LogP contribution in [0.25, 0.3) is 0 Å². The van der Waals surface area contributed by atoms with Crippen LogP contribution in [0.5, 0.6) is 11.5 Å². The molecular formula is C23H32N2O3. The van der Waals surface area contributed by atoms with Gasteiger partial charge < -0.3 is 19.7 Å². The molecule has 28 heavy (non-hydrogen) atoms. The van der Waals surface area contributed by atoms with Gasteiger partial charge >= 0.3 is 0 Å². The van der Waals surface area contributed by atoms with E-state index in [-0.39, 0.29) is 17.9 Å². The van der Waals surface area contributed by atoms with Crippen molar-refractivity contribution in [3.8, 4) is 11.5 Å². The first-order chi connectivity index (χ1) is 13.6. The van der Waals surface area contributed by atoms with Crippen molar-refractivity contribution in [2.24, 2.45) is 11.3 Å². The first-order valence-corrected chi connectivity index (χ1v) is 11.0. The van der Waals surface area contributed by atoms with E-state index < -0.39 is 0 Å². The molecule has 1 spiro atoms. The van der Waals surface area contributed by atoms with Crippen molar-refractivity contribution in [1.29, 1.82) is 0 Å². The first-order valence-electron chi connectivity index (χ1n) is 11.0. The Labute approximate surface area is 167 Å². The summed E-state index contributed by atoms with van der Waals surface area (Å²) in [4.78, 5) is 15.3. The van der Waals surface area contributed by atoms with Gasteiger partial charge in [-0.3, -0.25) is 4.79 Å². The molecule has 152 valence electrons. The summed E-state index contributed by atoms with van der Waals surface area (Å²) in [7, 11) is 0. The highest BCUT2D eigenvalue weighted by atomic mass is 16.5. The first kappa shape index (κ1) is 18.3.